The summed E-state index contributed by atoms with van der Waals surface area (Å²) in [5, 5.41) is 7.60. The highest BCUT2D eigenvalue weighted by molar-refractivity contribution is 7.80. The van der Waals surface area contributed by atoms with Crippen molar-refractivity contribution in [2.24, 2.45) is 5.92 Å². The molecule has 0 unspecified atom stereocenters. The topological polar surface area (TPSA) is 66.2 Å². The average molecular weight is 476 g/mol. The van der Waals surface area contributed by atoms with E-state index in [0.717, 1.165) is 42.4 Å². The monoisotopic (exact) mass is 475 g/mol. The van der Waals surface area contributed by atoms with Gasteiger partial charge in [-0.05, 0) is 67.4 Å². The van der Waals surface area contributed by atoms with E-state index in [1.54, 1.807) is 6.07 Å². The Morgan fingerprint density at radius 2 is 2.00 bits per heavy atom. The average Bonchev–Trinajstić information content (AvgIpc) is 3.21. The molecule has 2 aromatic heterocycles. The number of thiocarbonyl (C=S) groups is 1. The van der Waals surface area contributed by atoms with E-state index in [9.17, 15) is 0 Å². The molecule has 4 rings (SSSR count). The Morgan fingerprint density at radius 1 is 1.19 bits per heavy atom. The molecule has 9 heteroatoms. The normalized spacial score (nSPS) is 16.2. The largest absolute Gasteiger partial charge is 0.459 e. The Balaban J connectivity index is 1.35. The van der Waals surface area contributed by atoms with E-state index in [4.69, 9.17) is 39.8 Å². The summed E-state index contributed by atoms with van der Waals surface area (Å²) >= 11 is 17.6. The van der Waals surface area contributed by atoms with Crippen molar-refractivity contribution in [3.8, 4) is 11.3 Å². The Hall–Kier alpha value is -2.35. The fraction of sp³-hybridized carbons (Fsp3) is 0.318. The van der Waals surface area contributed by atoms with E-state index >= 15 is 0 Å². The smallest absolute Gasteiger partial charge is 0.232 e. The molecule has 6 nitrogen and oxygen atoms in total. The number of nitrogens with one attached hydrogen (secondary N) is 2. The van der Waals surface area contributed by atoms with Crippen LogP contribution in [0.25, 0.3) is 11.3 Å². The van der Waals surface area contributed by atoms with Crippen LogP contribution in [0.3, 0.4) is 0 Å². The molecule has 1 atom stereocenters. The molecular weight excluding hydrogens is 453 g/mol. The van der Waals surface area contributed by atoms with Crippen molar-refractivity contribution in [3.05, 3.63) is 58.4 Å². The predicted molar refractivity (Wildman–Crippen MR) is 130 cm³/mol. The van der Waals surface area contributed by atoms with Crippen molar-refractivity contribution in [1.29, 1.82) is 0 Å². The van der Waals surface area contributed by atoms with E-state index in [0.29, 0.717) is 33.7 Å². The van der Waals surface area contributed by atoms with E-state index < -0.39 is 0 Å². The van der Waals surface area contributed by atoms with E-state index in [1.165, 1.54) is 6.42 Å². The molecule has 31 heavy (non-hydrogen) atoms. The molecule has 0 aliphatic carbocycles. The minimum atomic E-state index is 0.375. The summed E-state index contributed by atoms with van der Waals surface area (Å²) in [4.78, 5) is 11.1. The molecule has 0 amide bonds. The number of aromatic nitrogens is 2. The lowest BCUT2D eigenvalue weighted by molar-refractivity contribution is 0.444. The molecule has 1 aliphatic rings. The molecule has 0 saturated carbocycles. The molecule has 0 bridgehead atoms. The zero-order chi connectivity index (χ0) is 21.8. The summed E-state index contributed by atoms with van der Waals surface area (Å²) in [6.07, 6.45) is 2.38. The fourth-order valence-electron chi connectivity index (χ4n) is 3.58. The molecule has 3 aromatic rings. The number of anilines is 2. The maximum Gasteiger partial charge on any atom is 0.232 e. The van der Waals surface area contributed by atoms with Gasteiger partial charge in [0.25, 0.3) is 0 Å². The Labute approximate surface area is 197 Å². The predicted octanol–water partition coefficient (Wildman–Crippen LogP) is 5.77. The van der Waals surface area contributed by atoms with Crippen molar-refractivity contribution in [1.82, 2.24) is 15.3 Å². The van der Waals surface area contributed by atoms with Gasteiger partial charge in [-0.1, -0.05) is 30.1 Å². The van der Waals surface area contributed by atoms with Crippen molar-refractivity contribution < 1.29 is 4.42 Å². The molecule has 1 aliphatic heterocycles. The Bertz CT molecular complexity index is 1060. The van der Waals surface area contributed by atoms with Crippen molar-refractivity contribution in [3.63, 3.8) is 0 Å². The van der Waals surface area contributed by atoms with Gasteiger partial charge in [-0.25, -0.2) is 4.98 Å². The maximum absolute atomic E-state index is 6.23. The Kier molecular flexibility index (Phi) is 6.95. The molecule has 162 valence electrons. The summed E-state index contributed by atoms with van der Waals surface area (Å²) in [5.74, 6) is 3.35. The first kappa shape index (κ1) is 21.9. The number of piperidine rings is 1. The molecular formula is C22H23Cl2N5OS. The van der Waals surface area contributed by atoms with Gasteiger partial charge in [-0.15, -0.1) is 0 Å². The molecule has 2 N–H and O–H groups in total. The van der Waals surface area contributed by atoms with Gasteiger partial charge in [0.15, 0.2) is 5.11 Å². The van der Waals surface area contributed by atoms with E-state index in [2.05, 4.69) is 32.4 Å². The van der Waals surface area contributed by atoms with Crippen LogP contribution in [0.4, 0.5) is 11.8 Å². The van der Waals surface area contributed by atoms with Gasteiger partial charge in [0.1, 0.15) is 22.5 Å². The van der Waals surface area contributed by atoms with Crippen LogP contribution in [0.1, 0.15) is 25.5 Å². The SMILES string of the molecule is C[C@H]1CCCN(c2cc(Cl)nc(NC(=S)NCc3ccc(-c4ccc(Cl)cc4)o3)n2)C1. The highest BCUT2D eigenvalue weighted by Gasteiger charge is 2.19. The van der Waals surface area contributed by atoms with Gasteiger partial charge in [0.05, 0.1) is 6.54 Å². The van der Waals surface area contributed by atoms with Crippen LogP contribution in [0.5, 0.6) is 0 Å². The zero-order valence-corrected chi connectivity index (χ0v) is 19.4. The molecule has 1 fully saturated rings. The molecule has 0 radical (unpaired) electrons. The number of hydrogen-bond acceptors (Lipinski definition) is 5. The first-order valence-corrected chi connectivity index (χ1v) is 11.3. The van der Waals surface area contributed by atoms with E-state index in [1.807, 2.05) is 36.4 Å². The third kappa shape index (κ3) is 5.87. The van der Waals surface area contributed by atoms with Gasteiger partial charge in [-0.2, -0.15) is 4.98 Å². The van der Waals surface area contributed by atoms with Gasteiger partial charge in [0, 0.05) is 29.7 Å². The molecule has 1 saturated heterocycles. The van der Waals surface area contributed by atoms with Crippen LogP contribution < -0.4 is 15.5 Å². The van der Waals surface area contributed by atoms with Crippen LogP contribution in [0.15, 0.2) is 46.9 Å². The third-order valence-electron chi connectivity index (χ3n) is 5.10. The summed E-state index contributed by atoms with van der Waals surface area (Å²) < 4.78 is 5.89. The third-order valence-corrected chi connectivity index (χ3v) is 5.79. The summed E-state index contributed by atoms with van der Waals surface area (Å²) in [5.41, 5.74) is 0.961. The lowest BCUT2D eigenvalue weighted by atomic mass is 10.0. The summed E-state index contributed by atoms with van der Waals surface area (Å²) in [6, 6.07) is 13.1. The maximum atomic E-state index is 6.23. The number of furan rings is 1. The van der Waals surface area contributed by atoms with Gasteiger partial charge in [-0.3, -0.25) is 0 Å². The number of nitrogens with zero attached hydrogens (tertiary/aromatic N) is 3. The second-order valence-corrected chi connectivity index (χ2v) is 8.88. The number of halogens is 2. The van der Waals surface area contributed by atoms with Gasteiger partial charge >= 0.3 is 0 Å². The lowest BCUT2D eigenvalue weighted by Crippen LogP contribution is -2.35. The molecule has 3 heterocycles. The minimum absolute atomic E-state index is 0.375. The minimum Gasteiger partial charge on any atom is -0.459 e. The fourth-order valence-corrected chi connectivity index (χ4v) is 4.04. The number of rotatable bonds is 5. The number of benzene rings is 1. The van der Waals surface area contributed by atoms with Crippen molar-refractivity contribution in [2.75, 3.05) is 23.3 Å². The van der Waals surface area contributed by atoms with Crippen LogP contribution in [-0.4, -0.2) is 28.2 Å². The van der Waals surface area contributed by atoms with Crippen LogP contribution >= 0.6 is 35.4 Å². The summed E-state index contributed by atoms with van der Waals surface area (Å²) in [7, 11) is 0. The van der Waals surface area contributed by atoms with Crippen LogP contribution in [0, 0.1) is 5.92 Å². The second kappa shape index (κ2) is 9.85. The second-order valence-electron chi connectivity index (χ2n) is 7.65. The standard InChI is InChI=1S/C22H23Cl2N5OS/c1-14-3-2-10-29(13-14)20-11-19(24)26-21(27-20)28-22(31)25-12-17-8-9-18(30-17)15-4-6-16(23)7-5-15/h4-9,11,14H,2-3,10,12-13H2,1H3,(H2,25,26,27,28,31)/t14-/m0/s1. The zero-order valence-electron chi connectivity index (χ0n) is 17.1. The van der Waals surface area contributed by atoms with Crippen LogP contribution in [-0.2, 0) is 6.54 Å². The highest BCUT2D eigenvalue weighted by atomic mass is 35.5. The van der Waals surface area contributed by atoms with Crippen LogP contribution in [0.2, 0.25) is 10.2 Å². The number of hydrogen-bond donors (Lipinski definition) is 2. The highest BCUT2D eigenvalue weighted by Crippen LogP contribution is 2.25. The quantitative estimate of drug-likeness (QED) is 0.358. The van der Waals surface area contributed by atoms with E-state index in [-0.39, 0.29) is 0 Å². The lowest BCUT2D eigenvalue weighted by Gasteiger charge is -2.32. The first-order valence-electron chi connectivity index (χ1n) is 10.2. The summed E-state index contributed by atoms with van der Waals surface area (Å²) in [6.45, 7) is 4.61. The van der Waals surface area contributed by atoms with Crippen molar-refractivity contribution in [2.45, 2.75) is 26.3 Å². The molecule has 1 aromatic carbocycles. The van der Waals surface area contributed by atoms with Gasteiger partial charge < -0.3 is 20.0 Å². The Morgan fingerprint density at radius 3 is 2.77 bits per heavy atom. The molecule has 0 spiro atoms. The van der Waals surface area contributed by atoms with Crippen molar-refractivity contribution >= 4 is 52.3 Å². The van der Waals surface area contributed by atoms with Gasteiger partial charge in [0.2, 0.25) is 5.95 Å². The first-order chi connectivity index (χ1) is 15.0.